The molecule has 1 aromatic carbocycles. The lowest BCUT2D eigenvalue weighted by molar-refractivity contribution is -0.136. The van der Waals surface area contributed by atoms with Gasteiger partial charge >= 0.3 is 5.97 Å². The third kappa shape index (κ3) is 2.97. The van der Waals surface area contributed by atoms with E-state index in [9.17, 15) is 13.2 Å². The van der Waals surface area contributed by atoms with Gasteiger partial charge in [-0.15, -0.1) is 0 Å². The lowest BCUT2D eigenvalue weighted by Crippen LogP contribution is -2.21. The SMILES string of the molecule is COc1ccccc1S(=O)(=O)C(C)CC(=O)O. The average Bonchev–Trinajstić information content (AvgIpc) is 2.28. The molecule has 1 aromatic rings. The Kier molecular flexibility index (Phi) is 4.11. The van der Waals surface area contributed by atoms with Crippen LogP contribution in [0.3, 0.4) is 0 Å². The molecule has 0 amide bonds. The molecule has 1 unspecified atom stereocenters. The summed E-state index contributed by atoms with van der Waals surface area (Å²) < 4.78 is 29.2. The summed E-state index contributed by atoms with van der Waals surface area (Å²) >= 11 is 0. The van der Waals surface area contributed by atoms with Gasteiger partial charge in [-0.3, -0.25) is 4.79 Å². The van der Waals surface area contributed by atoms with E-state index in [-0.39, 0.29) is 10.6 Å². The van der Waals surface area contributed by atoms with Crippen molar-refractivity contribution in [1.82, 2.24) is 0 Å². The van der Waals surface area contributed by atoms with Gasteiger partial charge in [0.15, 0.2) is 9.84 Å². The van der Waals surface area contributed by atoms with Crippen LogP contribution in [0.4, 0.5) is 0 Å². The minimum absolute atomic E-state index is 0.0243. The maximum atomic E-state index is 12.1. The number of ether oxygens (including phenoxy) is 1. The normalized spacial score (nSPS) is 13.1. The minimum atomic E-state index is -3.68. The van der Waals surface area contributed by atoms with Crippen LogP contribution in [0.5, 0.6) is 5.75 Å². The van der Waals surface area contributed by atoms with Crippen LogP contribution in [-0.4, -0.2) is 31.9 Å². The third-order valence-electron chi connectivity index (χ3n) is 2.37. The summed E-state index contributed by atoms with van der Waals surface area (Å²) in [5.74, 6) is -0.916. The van der Waals surface area contributed by atoms with E-state index in [2.05, 4.69) is 0 Å². The minimum Gasteiger partial charge on any atom is -0.495 e. The van der Waals surface area contributed by atoms with E-state index >= 15 is 0 Å². The van der Waals surface area contributed by atoms with E-state index in [1.165, 1.54) is 26.2 Å². The molecule has 0 saturated carbocycles. The molecule has 0 saturated heterocycles. The Bertz CT molecular complexity index is 506. The summed E-state index contributed by atoms with van der Waals surface area (Å²) in [6.07, 6.45) is -0.430. The third-order valence-corrected chi connectivity index (χ3v) is 4.54. The van der Waals surface area contributed by atoms with Gasteiger partial charge in [0.05, 0.1) is 18.8 Å². The van der Waals surface area contributed by atoms with Crippen molar-refractivity contribution in [2.45, 2.75) is 23.5 Å². The number of carboxylic acid groups (broad SMARTS) is 1. The van der Waals surface area contributed by atoms with Crippen molar-refractivity contribution >= 4 is 15.8 Å². The fourth-order valence-electron chi connectivity index (χ4n) is 1.43. The Hall–Kier alpha value is -1.56. The highest BCUT2D eigenvalue weighted by molar-refractivity contribution is 7.92. The molecule has 94 valence electrons. The molecule has 0 bridgehead atoms. The summed E-state index contributed by atoms with van der Waals surface area (Å²) in [7, 11) is -2.31. The number of hydrogen-bond donors (Lipinski definition) is 1. The number of aliphatic carboxylic acids is 1. The molecule has 6 heteroatoms. The van der Waals surface area contributed by atoms with Gasteiger partial charge in [0.1, 0.15) is 10.6 Å². The van der Waals surface area contributed by atoms with Crippen LogP contribution in [-0.2, 0) is 14.6 Å². The zero-order valence-electron chi connectivity index (χ0n) is 9.58. The van der Waals surface area contributed by atoms with Gasteiger partial charge in [0.2, 0.25) is 0 Å². The van der Waals surface area contributed by atoms with Crippen LogP contribution in [0.2, 0.25) is 0 Å². The van der Waals surface area contributed by atoms with Gasteiger partial charge in [-0.2, -0.15) is 0 Å². The lowest BCUT2D eigenvalue weighted by atomic mass is 10.3. The molecule has 0 aliphatic rings. The first-order chi connectivity index (χ1) is 7.89. The molecule has 0 aliphatic carbocycles. The van der Waals surface area contributed by atoms with E-state index in [4.69, 9.17) is 9.84 Å². The van der Waals surface area contributed by atoms with E-state index in [1.54, 1.807) is 12.1 Å². The van der Waals surface area contributed by atoms with Gasteiger partial charge in [-0.05, 0) is 19.1 Å². The van der Waals surface area contributed by atoms with Crippen LogP contribution >= 0.6 is 0 Å². The quantitative estimate of drug-likeness (QED) is 0.861. The Labute approximate surface area is 100.0 Å². The molecular formula is C11H14O5S. The molecule has 5 nitrogen and oxygen atoms in total. The van der Waals surface area contributed by atoms with E-state index in [0.29, 0.717) is 0 Å². The van der Waals surface area contributed by atoms with Crippen LogP contribution in [0.25, 0.3) is 0 Å². The molecule has 1 atom stereocenters. The van der Waals surface area contributed by atoms with Gasteiger partial charge in [-0.25, -0.2) is 8.42 Å². The summed E-state index contributed by atoms with van der Waals surface area (Å²) in [6.45, 7) is 1.37. The summed E-state index contributed by atoms with van der Waals surface area (Å²) in [5.41, 5.74) is 0. The number of benzene rings is 1. The maximum Gasteiger partial charge on any atom is 0.304 e. The molecule has 1 rings (SSSR count). The topological polar surface area (TPSA) is 80.7 Å². The van der Waals surface area contributed by atoms with Crippen molar-refractivity contribution in [3.8, 4) is 5.75 Å². The highest BCUT2D eigenvalue weighted by Crippen LogP contribution is 2.27. The number of sulfone groups is 1. The number of carboxylic acids is 1. The molecule has 17 heavy (non-hydrogen) atoms. The number of methoxy groups -OCH3 is 1. The Morgan fingerprint density at radius 2 is 2.00 bits per heavy atom. The molecule has 0 fully saturated rings. The molecule has 0 radical (unpaired) electrons. The van der Waals surface area contributed by atoms with Crippen molar-refractivity contribution in [1.29, 1.82) is 0 Å². The second kappa shape index (κ2) is 5.18. The highest BCUT2D eigenvalue weighted by Gasteiger charge is 2.28. The first-order valence-corrected chi connectivity index (χ1v) is 6.53. The summed E-state index contributed by atoms with van der Waals surface area (Å²) in [6, 6.07) is 6.16. The van der Waals surface area contributed by atoms with Crippen molar-refractivity contribution < 1.29 is 23.1 Å². The van der Waals surface area contributed by atoms with E-state index in [0.717, 1.165) is 0 Å². The Balaban J connectivity index is 3.17. The number of rotatable bonds is 5. The van der Waals surface area contributed by atoms with Crippen molar-refractivity contribution in [2.75, 3.05) is 7.11 Å². The molecule has 0 aliphatic heterocycles. The fraction of sp³-hybridized carbons (Fsp3) is 0.364. The first kappa shape index (κ1) is 13.5. The van der Waals surface area contributed by atoms with Gasteiger partial charge < -0.3 is 9.84 Å². The predicted octanol–water partition coefficient (Wildman–Crippen LogP) is 1.33. The van der Waals surface area contributed by atoms with Gasteiger partial charge in [-0.1, -0.05) is 12.1 Å². The lowest BCUT2D eigenvalue weighted by Gasteiger charge is -2.13. The van der Waals surface area contributed by atoms with Crippen LogP contribution in [0.1, 0.15) is 13.3 Å². The standard InChI is InChI=1S/C11H14O5S/c1-8(7-11(12)13)17(14,15)10-6-4-3-5-9(10)16-2/h3-6,8H,7H2,1-2H3,(H,12,13). The Morgan fingerprint density at radius 3 is 2.53 bits per heavy atom. The van der Waals surface area contributed by atoms with Crippen LogP contribution in [0.15, 0.2) is 29.2 Å². The monoisotopic (exact) mass is 258 g/mol. The molecule has 0 heterocycles. The highest BCUT2D eigenvalue weighted by atomic mass is 32.2. The second-order valence-corrected chi connectivity index (χ2v) is 5.94. The Morgan fingerprint density at radius 1 is 1.41 bits per heavy atom. The fourth-order valence-corrected chi connectivity index (χ4v) is 2.92. The zero-order valence-corrected chi connectivity index (χ0v) is 10.4. The average molecular weight is 258 g/mol. The van der Waals surface area contributed by atoms with Crippen molar-refractivity contribution in [3.05, 3.63) is 24.3 Å². The summed E-state index contributed by atoms with van der Waals surface area (Å²) in [5, 5.41) is 7.64. The maximum absolute atomic E-state index is 12.1. The molecular weight excluding hydrogens is 244 g/mol. The first-order valence-electron chi connectivity index (χ1n) is 4.98. The predicted molar refractivity (Wildman–Crippen MR) is 61.9 cm³/mol. The number of hydrogen-bond acceptors (Lipinski definition) is 4. The van der Waals surface area contributed by atoms with E-state index < -0.39 is 27.5 Å². The molecule has 0 spiro atoms. The summed E-state index contributed by atoms with van der Waals surface area (Å²) in [4.78, 5) is 10.6. The molecule has 1 N–H and O–H groups in total. The molecule has 0 aromatic heterocycles. The van der Waals surface area contributed by atoms with Gasteiger partial charge in [0, 0.05) is 0 Å². The largest absolute Gasteiger partial charge is 0.495 e. The van der Waals surface area contributed by atoms with Gasteiger partial charge in [0.25, 0.3) is 0 Å². The van der Waals surface area contributed by atoms with Crippen LogP contribution in [0, 0.1) is 0 Å². The number of para-hydroxylation sites is 1. The van der Waals surface area contributed by atoms with E-state index in [1.807, 2.05) is 0 Å². The van der Waals surface area contributed by atoms with Crippen molar-refractivity contribution in [3.63, 3.8) is 0 Å². The van der Waals surface area contributed by atoms with Crippen molar-refractivity contribution in [2.24, 2.45) is 0 Å². The zero-order chi connectivity index (χ0) is 13.1. The van der Waals surface area contributed by atoms with Crippen LogP contribution < -0.4 is 4.74 Å². The number of carbonyl (C=O) groups is 1. The smallest absolute Gasteiger partial charge is 0.304 e. The second-order valence-electron chi connectivity index (χ2n) is 3.60.